The number of rotatable bonds is 5. The van der Waals surface area contributed by atoms with Gasteiger partial charge >= 0.3 is 6.03 Å². The highest BCUT2D eigenvalue weighted by atomic mass is 32.2. The molecule has 2 aliphatic carbocycles. The maximum atomic E-state index is 12.8. The maximum Gasteiger partial charge on any atom is 0.344 e. The van der Waals surface area contributed by atoms with Crippen LogP contribution in [-0.4, -0.2) is 54.4 Å². The first-order valence-electron chi connectivity index (χ1n) is 9.85. The number of imide groups is 1. The highest BCUT2D eigenvalue weighted by Gasteiger charge is 2.52. The van der Waals surface area contributed by atoms with Crippen molar-refractivity contribution in [2.45, 2.75) is 75.0 Å². The lowest BCUT2D eigenvalue weighted by Crippen LogP contribution is -2.51. The standard InChI is InChI=1S/C17H25N7O3S/c1-11-6-8-17(9-7-11)14(26)24(15(27)18-17)20-13(25)10-28-16-19-21-22-23(16)12-4-2-3-5-12/h11-12H,2-10H2,1H3,(H,18,27)(H,20,25). The van der Waals surface area contributed by atoms with Crippen LogP contribution in [-0.2, 0) is 9.59 Å². The molecule has 3 fully saturated rings. The lowest BCUT2D eigenvalue weighted by Gasteiger charge is -2.33. The van der Waals surface area contributed by atoms with Gasteiger partial charge in [-0.3, -0.25) is 15.0 Å². The quantitative estimate of drug-likeness (QED) is 0.559. The van der Waals surface area contributed by atoms with Gasteiger partial charge in [0, 0.05) is 0 Å². The molecule has 28 heavy (non-hydrogen) atoms. The summed E-state index contributed by atoms with van der Waals surface area (Å²) in [6.45, 7) is 2.14. The second kappa shape index (κ2) is 7.69. The van der Waals surface area contributed by atoms with Crippen molar-refractivity contribution in [2.75, 3.05) is 5.75 Å². The lowest BCUT2D eigenvalue weighted by atomic mass is 9.77. The number of thioether (sulfide) groups is 1. The highest BCUT2D eigenvalue weighted by molar-refractivity contribution is 7.99. The number of nitrogens with zero attached hydrogens (tertiary/aromatic N) is 5. The molecule has 1 spiro atoms. The van der Waals surface area contributed by atoms with E-state index in [0.29, 0.717) is 23.9 Å². The molecule has 0 aromatic carbocycles. The van der Waals surface area contributed by atoms with Crippen LogP contribution in [0.4, 0.5) is 4.79 Å². The molecule has 1 aromatic rings. The zero-order chi connectivity index (χ0) is 19.7. The van der Waals surface area contributed by atoms with Crippen molar-refractivity contribution in [3.05, 3.63) is 0 Å². The minimum Gasteiger partial charge on any atom is -0.322 e. The third kappa shape index (κ3) is 3.59. The Morgan fingerprint density at radius 1 is 1.25 bits per heavy atom. The van der Waals surface area contributed by atoms with E-state index >= 15 is 0 Å². The van der Waals surface area contributed by atoms with Crippen LogP contribution in [0.5, 0.6) is 0 Å². The van der Waals surface area contributed by atoms with E-state index in [1.165, 1.54) is 11.8 Å². The topological polar surface area (TPSA) is 122 Å². The van der Waals surface area contributed by atoms with Gasteiger partial charge in [0.2, 0.25) is 11.1 Å². The van der Waals surface area contributed by atoms with Gasteiger partial charge in [-0.1, -0.05) is 31.5 Å². The molecule has 1 saturated heterocycles. The fourth-order valence-electron chi connectivity index (χ4n) is 4.26. The SMILES string of the molecule is CC1CCC2(CC1)NC(=O)N(NC(=O)CSc1nnnn1C1CCCC1)C2=O. The van der Waals surface area contributed by atoms with Crippen LogP contribution in [0.3, 0.4) is 0 Å². The van der Waals surface area contributed by atoms with E-state index in [4.69, 9.17) is 0 Å². The largest absolute Gasteiger partial charge is 0.344 e. The average Bonchev–Trinajstić information content (AvgIpc) is 3.40. The molecule has 0 unspecified atom stereocenters. The van der Waals surface area contributed by atoms with Gasteiger partial charge in [-0.25, -0.2) is 9.48 Å². The van der Waals surface area contributed by atoms with Crippen molar-refractivity contribution in [3.63, 3.8) is 0 Å². The number of nitrogens with one attached hydrogen (secondary N) is 2. The van der Waals surface area contributed by atoms with Gasteiger partial charge in [0.1, 0.15) is 5.54 Å². The van der Waals surface area contributed by atoms with E-state index in [0.717, 1.165) is 43.5 Å². The maximum absolute atomic E-state index is 12.8. The van der Waals surface area contributed by atoms with Gasteiger partial charge in [0.25, 0.3) is 5.91 Å². The second-order valence-electron chi connectivity index (χ2n) is 8.00. The third-order valence-corrected chi connectivity index (χ3v) is 6.93. The van der Waals surface area contributed by atoms with Crippen molar-refractivity contribution < 1.29 is 14.4 Å². The molecule has 0 bridgehead atoms. The minimum absolute atomic E-state index is 0.0220. The average molecular weight is 408 g/mol. The van der Waals surface area contributed by atoms with Crippen LogP contribution < -0.4 is 10.7 Å². The first-order chi connectivity index (χ1) is 13.5. The first-order valence-corrected chi connectivity index (χ1v) is 10.8. The molecule has 11 heteroatoms. The lowest BCUT2D eigenvalue weighted by molar-refractivity contribution is -0.139. The summed E-state index contributed by atoms with van der Waals surface area (Å²) in [7, 11) is 0. The minimum atomic E-state index is -0.864. The molecule has 10 nitrogen and oxygen atoms in total. The number of carbonyl (C=O) groups is 3. The van der Waals surface area contributed by atoms with Crippen LogP contribution in [0.15, 0.2) is 5.16 Å². The number of urea groups is 1. The molecule has 0 atom stereocenters. The Morgan fingerprint density at radius 3 is 2.68 bits per heavy atom. The highest BCUT2D eigenvalue weighted by Crippen LogP contribution is 2.36. The smallest absolute Gasteiger partial charge is 0.322 e. The fraction of sp³-hybridized carbons (Fsp3) is 0.765. The molecule has 152 valence electrons. The van der Waals surface area contributed by atoms with E-state index in [1.807, 2.05) is 0 Å². The summed E-state index contributed by atoms with van der Waals surface area (Å²) in [4.78, 5) is 37.4. The van der Waals surface area contributed by atoms with Gasteiger partial charge in [-0.2, -0.15) is 5.01 Å². The molecule has 4 rings (SSSR count). The molecule has 2 saturated carbocycles. The number of hydrogen-bond acceptors (Lipinski definition) is 7. The Balaban J connectivity index is 1.34. The monoisotopic (exact) mass is 407 g/mol. The van der Waals surface area contributed by atoms with Gasteiger partial charge in [-0.05, 0) is 54.9 Å². The van der Waals surface area contributed by atoms with Crippen molar-refractivity contribution in [2.24, 2.45) is 5.92 Å². The summed E-state index contributed by atoms with van der Waals surface area (Å²) >= 11 is 1.21. The number of carbonyl (C=O) groups excluding carboxylic acids is 3. The fourth-order valence-corrected chi connectivity index (χ4v) is 5.00. The molecule has 2 N–H and O–H groups in total. The Labute approximate surface area is 167 Å². The van der Waals surface area contributed by atoms with Crippen molar-refractivity contribution in [1.29, 1.82) is 0 Å². The van der Waals surface area contributed by atoms with Crippen LogP contribution in [0, 0.1) is 5.92 Å². The summed E-state index contributed by atoms with van der Waals surface area (Å²) in [5.74, 6) is -0.232. The van der Waals surface area contributed by atoms with Crippen molar-refractivity contribution in [1.82, 2.24) is 36.0 Å². The Hall–Kier alpha value is -2.17. The summed E-state index contributed by atoms with van der Waals surface area (Å²) < 4.78 is 1.77. The molecule has 3 aliphatic rings. The zero-order valence-corrected chi connectivity index (χ0v) is 16.7. The molecule has 0 radical (unpaired) electrons. The first kappa shape index (κ1) is 19.2. The predicted molar refractivity (Wildman–Crippen MR) is 99.9 cm³/mol. The van der Waals surface area contributed by atoms with E-state index in [1.54, 1.807) is 4.68 Å². The number of tetrazole rings is 1. The Kier molecular flexibility index (Phi) is 5.26. The van der Waals surface area contributed by atoms with Crippen LogP contribution in [0.25, 0.3) is 0 Å². The zero-order valence-electron chi connectivity index (χ0n) is 15.9. The number of hydrazine groups is 1. The molecular formula is C17H25N7O3S. The van der Waals surface area contributed by atoms with Crippen LogP contribution in [0.2, 0.25) is 0 Å². The van der Waals surface area contributed by atoms with E-state index in [2.05, 4.69) is 33.2 Å². The van der Waals surface area contributed by atoms with E-state index < -0.39 is 17.5 Å². The third-order valence-electron chi connectivity index (χ3n) is 5.99. The Bertz CT molecular complexity index is 769. The summed E-state index contributed by atoms with van der Waals surface area (Å²) in [5, 5.41) is 16.0. The van der Waals surface area contributed by atoms with Crippen LogP contribution >= 0.6 is 11.8 Å². The van der Waals surface area contributed by atoms with Crippen molar-refractivity contribution in [3.8, 4) is 0 Å². The van der Waals surface area contributed by atoms with Gasteiger partial charge in [0.05, 0.1) is 11.8 Å². The second-order valence-corrected chi connectivity index (χ2v) is 8.95. The summed E-state index contributed by atoms with van der Waals surface area (Å²) in [6, 6.07) is -0.284. The summed E-state index contributed by atoms with van der Waals surface area (Å²) in [5.41, 5.74) is 1.58. The van der Waals surface area contributed by atoms with Gasteiger partial charge in [-0.15, -0.1) is 5.10 Å². The number of hydrogen-bond donors (Lipinski definition) is 2. The van der Waals surface area contributed by atoms with Gasteiger partial charge in [0.15, 0.2) is 0 Å². The van der Waals surface area contributed by atoms with E-state index in [9.17, 15) is 14.4 Å². The van der Waals surface area contributed by atoms with Crippen molar-refractivity contribution >= 4 is 29.6 Å². The molecule has 2 heterocycles. The number of amides is 4. The molecule has 4 amide bonds. The normalized spacial score (nSPS) is 28.2. The van der Waals surface area contributed by atoms with E-state index in [-0.39, 0.29) is 17.7 Å². The number of aromatic nitrogens is 4. The predicted octanol–water partition coefficient (Wildman–Crippen LogP) is 1.41. The van der Waals surface area contributed by atoms with Gasteiger partial charge < -0.3 is 5.32 Å². The molecule has 1 aromatic heterocycles. The molecular weight excluding hydrogens is 382 g/mol. The molecule has 1 aliphatic heterocycles. The Morgan fingerprint density at radius 2 is 1.96 bits per heavy atom. The summed E-state index contributed by atoms with van der Waals surface area (Å²) in [6.07, 6.45) is 7.36. The van der Waals surface area contributed by atoms with Crippen LogP contribution in [0.1, 0.15) is 64.3 Å².